The minimum absolute atomic E-state index is 0.220. The predicted molar refractivity (Wildman–Crippen MR) is 70.7 cm³/mol. The van der Waals surface area contributed by atoms with Crippen LogP contribution in [0.5, 0.6) is 0 Å². The quantitative estimate of drug-likeness (QED) is 0.841. The van der Waals surface area contributed by atoms with Crippen LogP contribution >= 0.6 is 15.9 Å². The van der Waals surface area contributed by atoms with Crippen LogP contribution in [0.15, 0.2) is 22.9 Å². The van der Waals surface area contributed by atoms with Crippen molar-refractivity contribution in [3.05, 3.63) is 28.5 Å². The molecule has 1 saturated heterocycles. The van der Waals surface area contributed by atoms with Gasteiger partial charge in [0.05, 0.1) is 6.42 Å². The highest BCUT2D eigenvalue weighted by Gasteiger charge is 2.22. The number of nitrogens with zero attached hydrogens (tertiary/aromatic N) is 2. The molecule has 0 radical (unpaired) electrons. The minimum Gasteiger partial charge on any atom is -0.340 e. The van der Waals surface area contributed by atoms with Crippen LogP contribution in [-0.4, -0.2) is 28.4 Å². The molecular formula is C13H17BrN2O. The zero-order chi connectivity index (χ0) is 12.3. The van der Waals surface area contributed by atoms with Crippen LogP contribution in [-0.2, 0) is 11.2 Å². The van der Waals surface area contributed by atoms with E-state index in [1.54, 1.807) is 12.4 Å². The number of aromatic nitrogens is 1. The molecule has 17 heavy (non-hydrogen) atoms. The van der Waals surface area contributed by atoms with Gasteiger partial charge in [0.2, 0.25) is 5.91 Å². The number of piperidine rings is 1. The molecule has 1 aliphatic rings. The SMILES string of the molecule is CC1CCCCN1C(=O)Cc1cncc(Br)c1. The second-order valence-corrected chi connectivity index (χ2v) is 5.54. The fraction of sp³-hybridized carbons (Fsp3) is 0.538. The highest BCUT2D eigenvalue weighted by Crippen LogP contribution is 2.18. The molecule has 3 nitrogen and oxygen atoms in total. The van der Waals surface area contributed by atoms with E-state index in [0.717, 1.165) is 29.4 Å². The van der Waals surface area contributed by atoms with Crippen molar-refractivity contribution in [2.24, 2.45) is 0 Å². The van der Waals surface area contributed by atoms with Gasteiger partial charge < -0.3 is 4.90 Å². The Balaban J connectivity index is 2.01. The minimum atomic E-state index is 0.220. The third-order valence-electron chi connectivity index (χ3n) is 3.24. The summed E-state index contributed by atoms with van der Waals surface area (Å²) in [6.45, 7) is 3.04. The Bertz CT molecular complexity index is 408. The molecule has 1 amide bonds. The topological polar surface area (TPSA) is 33.2 Å². The van der Waals surface area contributed by atoms with E-state index in [-0.39, 0.29) is 5.91 Å². The maximum atomic E-state index is 12.2. The Hall–Kier alpha value is -0.900. The van der Waals surface area contributed by atoms with E-state index in [9.17, 15) is 4.79 Å². The molecule has 1 fully saturated rings. The lowest BCUT2D eigenvalue weighted by Crippen LogP contribution is -2.42. The Morgan fingerprint density at radius 2 is 2.35 bits per heavy atom. The zero-order valence-corrected chi connectivity index (χ0v) is 11.6. The van der Waals surface area contributed by atoms with Crippen LogP contribution in [0, 0.1) is 0 Å². The van der Waals surface area contributed by atoms with E-state index in [1.807, 2.05) is 11.0 Å². The van der Waals surface area contributed by atoms with Crippen molar-refractivity contribution in [3.8, 4) is 0 Å². The third-order valence-corrected chi connectivity index (χ3v) is 3.67. The second-order valence-electron chi connectivity index (χ2n) is 4.62. The number of amides is 1. The van der Waals surface area contributed by atoms with E-state index < -0.39 is 0 Å². The summed E-state index contributed by atoms with van der Waals surface area (Å²) in [7, 11) is 0. The molecule has 0 aliphatic carbocycles. The maximum Gasteiger partial charge on any atom is 0.227 e. The van der Waals surface area contributed by atoms with Gasteiger partial charge in [-0.05, 0) is 53.7 Å². The molecule has 2 heterocycles. The summed E-state index contributed by atoms with van der Waals surface area (Å²) >= 11 is 3.37. The number of hydrogen-bond donors (Lipinski definition) is 0. The predicted octanol–water partition coefficient (Wildman–Crippen LogP) is 2.79. The summed E-state index contributed by atoms with van der Waals surface area (Å²) in [6, 6.07) is 2.34. The lowest BCUT2D eigenvalue weighted by molar-refractivity contribution is -0.133. The molecule has 0 spiro atoms. The van der Waals surface area contributed by atoms with Crippen LogP contribution in [0.2, 0.25) is 0 Å². The van der Waals surface area contributed by atoms with Gasteiger partial charge in [0.1, 0.15) is 0 Å². The molecule has 1 aliphatic heterocycles. The first kappa shape index (κ1) is 12.6. The highest BCUT2D eigenvalue weighted by molar-refractivity contribution is 9.10. The molecule has 0 N–H and O–H groups in total. The monoisotopic (exact) mass is 296 g/mol. The molecule has 1 atom stereocenters. The largest absolute Gasteiger partial charge is 0.340 e. The molecule has 0 saturated carbocycles. The number of carbonyl (C=O) groups is 1. The van der Waals surface area contributed by atoms with Gasteiger partial charge in [0.15, 0.2) is 0 Å². The molecule has 0 aromatic carbocycles. The lowest BCUT2D eigenvalue weighted by atomic mass is 10.0. The molecule has 4 heteroatoms. The van der Waals surface area contributed by atoms with Crippen molar-refractivity contribution in [2.45, 2.75) is 38.6 Å². The zero-order valence-electron chi connectivity index (χ0n) is 10.0. The van der Waals surface area contributed by atoms with Crippen molar-refractivity contribution in [2.75, 3.05) is 6.54 Å². The van der Waals surface area contributed by atoms with Crippen molar-refractivity contribution in [3.63, 3.8) is 0 Å². The average molecular weight is 297 g/mol. The highest BCUT2D eigenvalue weighted by atomic mass is 79.9. The second kappa shape index (κ2) is 5.63. The van der Waals surface area contributed by atoms with Gasteiger partial charge in [-0.15, -0.1) is 0 Å². The third kappa shape index (κ3) is 3.28. The fourth-order valence-corrected chi connectivity index (χ4v) is 2.71. The van der Waals surface area contributed by atoms with Gasteiger partial charge in [-0.2, -0.15) is 0 Å². The van der Waals surface area contributed by atoms with Crippen LogP contribution in [0.25, 0.3) is 0 Å². The lowest BCUT2D eigenvalue weighted by Gasteiger charge is -2.33. The van der Waals surface area contributed by atoms with Gasteiger partial charge in [-0.3, -0.25) is 9.78 Å². The fourth-order valence-electron chi connectivity index (χ4n) is 2.30. The Morgan fingerprint density at radius 3 is 3.06 bits per heavy atom. The molecular weight excluding hydrogens is 280 g/mol. The number of halogens is 1. The Kier molecular flexibility index (Phi) is 4.15. The first-order valence-corrected chi connectivity index (χ1v) is 6.85. The van der Waals surface area contributed by atoms with Gasteiger partial charge in [-0.1, -0.05) is 0 Å². The molecule has 1 unspecified atom stereocenters. The van der Waals surface area contributed by atoms with E-state index in [2.05, 4.69) is 27.8 Å². The number of rotatable bonds is 2. The molecule has 92 valence electrons. The summed E-state index contributed by atoms with van der Waals surface area (Å²) in [5.74, 6) is 0.220. The van der Waals surface area contributed by atoms with Gasteiger partial charge in [-0.25, -0.2) is 0 Å². The van der Waals surface area contributed by atoms with Crippen molar-refractivity contribution < 1.29 is 4.79 Å². The number of hydrogen-bond acceptors (Lipinski definition) is 2. The standard InChI is InChI=1S/C13H17BrN2O/c1-10-4-2-3-5-16(10)13(17)7-11-6-12(14)9-15-8-11/h6,8-10H,2-5,7H2,1H3. The summed E-state index contributed by atoms with van der Waals surface area (Å²) in [4.78, 5) is 18.3. The Labute approximate surface area is 110 Å². The van der Waals surface area contributed by atoms with Crippen molar-refractivity contribution >= 4 is 21.8 Å². The van der Waals surface area contributed by atoms with Crippen molar-refractivity contribution in [1.29, 1.82) is 0 Å². The number of carbonyl (C=O) groups excluding carboxylic acids is 1. The smallest absolute Gasteiger partial charge is 0.227 e. The van der Waals surface area contributed by atoms with Gasteiger partial charge >= 0.3 is 0 Å². The van der Waals surface area contributed by atoms with E-state index in [4.69, 9.17) is 0 Å². The number of likely N-dealkylation sites (tertiary alicyclic amines) is 1. The molecule has 0 bridgehead atoms. The summed E-state index contributed by atoms with van der Waals surface area (Å²) < 4.78 is 0.925. The summed E-state index contributed by atoms with van der Waals surface area (Å²) in [5, 5.41) is 0. The maximum absolute atomic E-state index is 12.2. The van der Waals surface area contributed by atoms with Crippen LogP contribution in [0.3, 0.4) is 0 Å². The molecule has 1 aromatic heterocycles. The first-order valence-electron chi connectivity index (χ1n) is 6.05. The summed E-state index contributed by atoms with van der Waals surface area (Å²) in [6.07, 6.45) is 7.45. The van der Waals surface area contributed by atoms with E-state index in [1.165, 1.54) is 6.42 Å². The Morgan fingerprint density at radius 1 is 1.53 bits per heavy atom. The van der Waals surface area contributed by atoms with E-state index in [0.29, 0.717) is 12.5 Å². The molecule has 2 rings (SSSR count). The summed E-state index contributed by atoms with van der Waals surface area (Å²) in [5.41, 5.74) is 0.974. The van der Waals surface area contributed by atoms with Crippen LogP contribution < -0.4 is 0 Å². The number of pyridine rings is 1. The first-order chi connectivity index (χ1) is 8.16. The van der Waals surface area contributed by atoms with Gasteiger partial charge in [0, 0.05) is 29.5 Å². The van der Waals surface area contributed by atoms with Crippen molar-refractivity contribution in [1.82, 2.24) is 9.88 Å². The normalized spacial score (nSPS) is 20.4. The van der Waals surface area contributed by atoms with Crippen LogP contribution in [0.1, 0.15) is 31.7 Å². The van der Waals surface area contributed by atoms with E-state index >= 15 is 0 Å². The molecule has 1 aromatic rings. The van der Waals surface area contributed by atoms with Crippen LogP contribution in [0.4, 0.5) is 0 Å². The average Bonchev–Trinajstić information content (AvgIpc) is 2.29. The van der Waals surface area contributed by atoms with Gasteiger partial charge in [0.25, 0.3) is 0 Å².